The zero-order valence-electron chi connectivity index (χ0n) is 12.8. The van der Waals surface area contributed by atoms with Gasteiger partial charge in [-0.25, -0.2) is 0 Å². The lowest BCUT2D eigenvalue weighted by Gasteiger charge is -2.25. The van der Waals surface area contributed by atoms with Gasteiger partial charge in [0.05, 0.1) is 7.85 Å². The highest BCUT2D eigenvalue weighted by atomic mass is 15.1. The number of unbranched alkanes of at least 4 members (excludes halogenated alkanes) is 2. The van der Waals surface area contributed by atoms with Crippen LogP contribution in [0.5, 0.6) is 0 Å². The molecule has 0 amide bonds. The molecule has 0 heterocycles. The highest BCUT2D eigenvalue weighted by molar-refractivity contribution is 6.09. The summed E-state index contributed by atoms with van der Waals surface area (Å²) in [6, 6.07) is 0.484. The number of nitrogens with zero attached hydrogens (tertiary/aromatic N) is 1. The standard InChI is InChI=1S/C16H30BN/c1-6-7-8-9-15(12-13-17)10-11-16(14(2)3)18(4)5/h12,16H,2,6-11,13H2,1,3-5H3/b15-12-. The van der Waals surface area contributed by atoms with E-state index in [2.05, 4.69) is 45.5 Å². The molecule has 1 atom stereocenters. The second-order valence-corrected chi connectivity index (χ2v) is 5.42. The van der Waals surface area contributed by atoms with Crippen LogP contribution in [0.3, 0.4) is 0 Å². The Morgan fingerprint density at radius 2 is 1.94 bits per heavy atom. The molecule has 0 aromatic rings. The zero-order chi connectivity index (χ0) is 14.0. The van der Waals surface area contributed by atoms with Crippen molar-refractivity contribution in [2.24, 2.45) is 0 Å². The molecular formula is C16H30BN. The van der Waals surface area contributed by atoms with Gasteiger partial charge in [0, 0.05) is 6.04 Å². The Bertz CT molecular complexity index is 256. The molecule has 102 valence electrons. The average molecular weight is 247 g/mol. The van der Waals surface area contributed by atoms with Crippen LogP contribution in [0.2, 0.25) is 6.32 Å². The molecule has 0 N–H and O–H groups in total. The molecule has 0 aromatic heterocycles. The van der Waals surface area contributed by atoms with Crippen LogP contribution in [-0.4, -0.2) is 32.9 Å². The van der Waals surface area contributed by atoms with Gasteiger partial charge in [0.2, 0.25) is 0 Å². The van der Waals surface area contributed by atoms with Gasteiger partial charge in [-0.3, -0.25) is 0 Å². The van der Waals surface area contributed by atoms with E-state index in [1.807, 2.05) is 0 Å². The van der Waals surface area contributed by atoms with Crippen LogP contribution < -0.4 is 0 Å². The lowest BCUT2D eigenvalue weighted by atomic mass is 9.93. The van der Waals surface area contributed by atoms with Crippen molar-refractivity contribution in [1.82, 2.24) is 4.90 Å². The van der Waals surface area contributed by atoms with Crippen molar-refractivity contribution in [3.63, 3.8) is 0 Å². The molecular weight excluding hydrogens is 217 g/mol. The summed E-state index contributed by atoms with van der Waals surface area (Å²) >= 11 is 0. The Morgan fingerprint density at radius 3 is 2.39 bits per heavy atom. The first-order valence-electron chi connectivity index (χ1n) is 7.22. The highest BCUT2D eigenvalue weighted by Gasteiger charge is 2.12. The van der Waals surface area contributed by atoms with Crippen molar-refractivity contribution in [1.29, 1.82) is 0 Å². The monoisotopic (exact) mass is 247 g/mol. The predicted molar refractivity (Wildman–Crippen MR) is 84.3 cm³/mol. The Morgan fingerprint density at radius 1 is 1.28 bits per heavy atom. The van der Waals surface area contributed by atoms with Crippen molar-refractivity contribution < 1.29 is 0 Å². The third-order valence-electron chi connectivity index (χ3n) is 3.44. The minimum absolute atomic E-state index is 0.484. The average Bonchev–Trinajstić information content (AvgIpc) is 2.28. The van der Waals surface area contributed by atoms with E-state index >= 15 is 0 Å². The van der Waals surface area contributed by atoms with Crippen molar-refractivity contribution >= 4 is 7.85 Å². The third kappa shape index (κ3) is 7.76. The van der Waals surface area contributed by atoms with E-state index < -0.39 is 0 Å². The molecule has 2 heteroatoms. The zero-order valence-corrected chi connectivity index (χ0v) is 12.8. The molecule has 18 heavy (non-hydrogen) atoms. The number of likely N-dealkylation sites (N-methyl/N-ethyl adjacent to an activating group) is 1. The lowest BCUT2D eigenvalue weighted by molar-refractivity contribution is 0.314. The summed E-state index contributed by atoms with van der Waals surface area (Å²) in [7, 11) is 9.91. The van der Waals surface area contributed by atoms with Gasteiger partial charge in [-0.1, -0.05) is 49.9 Å². The van der Waals surface area contributed by atoms with E-state index in [9.17, 15) is 0 Å². The van der Waals surface area contributed by atoms with Gasteiger partial charge in [0.25, 0.3) is 0 Å². The topological polar surface area (TPSA) is 3.24 Å². The quantitative estimate of drug-likeness (QED) is 0.315. The second-order valence-electron chi connectivity index (χ2n) is 5.42. The number of rotatable bonds is 10. The van der Waals surface area contributed by atoms with Gasteiger partial charge >= 0.3 is 0 Å². The molecule has 0 aliphatic carbocycles. The summed E-state index contributed by atoms with van der Waals surface area (Å²) in [4.78, 5) is 2.26. The third-order valence-corrected chi connectivity index (χ3v) is 3.44. The minimum atomic E-state index is 0.484. The maximum Gasteiger partial charge on any atom is 0.0708 e. The van der Waals surface area contributed by atoms with E-state index in [-0.39, 0.29) is 0 Å². The van der Waals surface area contributed by atoms with Crippen LogP contribution in [0.1, 0.15) is 52.4 Å². The van der Waals surface area contributed by atoms with E-state index in [1.165, 1.54) is 36.8 Å². The van der Waals surface area contributed by atoms with Crippen LogP contribution >= 0.6 is 0 Å². The first-order valence-corrected chi connectivity index (χ1v) is 7.22. The Kier molecular flexibility index (Phi) is 10.1. The maximum atomic E-state index is 5.66. The first kappa shape index (κ1) is 17.5. The number of hydrogen-bond donors (Lipinski definition) is 0. The van der Waals surface area contributed by atoms with Crippen LogP contribution in [0.4, 0.5) is 0 Å². The van der Waals surface area contributed by atoms with Crippen LogP contribution in [0, 0.1) is 0 Å². The fourth-order valence-electron chi connectivity index (χ4n) is 2.37. The first-order chi connectivity index (χ1) is 8.52. The molecule has 0 saturated carbocycles. The summed E-state index contributed by atoms with van der Waals surface area (Å²) < 4.78 is 0. The van der Waals surface area contributed by atoms with Gasteiger partial charge in [-0.15, -0.1) is 0 Å². The normalized spacial score (nSPS) is 13.9. The molecule has 0 rings (SSSR count). The lowest BCUT2D eigenvalue weighted by Crippen LogP contribution is -2.28. The van der Waals surface area contributed by atoms with Gasteiger partial charge in [0.15, 0.2) is 0 Å². The van der Waals surface area contributed by atoms with Crippen molar-refractivity contribution in [2.75, 3.05) is 14.1 Å². The van der Waals surface area contributed by atoms with Crippen LogP contribution in [0.15, 0.2) is 23.8 Å². The summed E-state index contributed by atoms with van der Waals surface area (Å²) in [5, 5.41) is 0. The molecule has 0 saturated heterocycles. The predicted octanol–water partition coefficient (Wildman–Crippen LogP) is 4.37. The largest absolute Gasteiger partial charge is 0.303 e. The van der Waals surface area contributed by atoms with Crippen molar-refractivity contribution in [2.45, 2.75) is 64.7 Å². The molecule has 0 bridgehead atoms. The van der Waals surface area contributed by atoms with E-state index in [0.717, 1.165) is 12.8 Å². The minimum Gasteiger partial charge on any atom is -0.303 e. The summed E-state index contributed by atoms with van der Waals surface area (Å²) in [6.07, 6.45) is 10.3. The maximum absolute atomic E-state index is 5.66. The molecule has 0 spiro atoms. The second kappa shape index (κ2) is 10.4. The molecule has 0 aliphatic heterocycles. The van der Waals surface area contributed by atoms with Gasteiger partial charge in [0.1, 0.15) is 0 Å². The van der Waals surface area contributed by atoms with Crippen LogP contribution in [0.25, 0.3) is 0 Å². The van der Waals surface area contributed by atoms with Crippen molar-refractivity contribution in [3.8, 4) is 0 Å². The Hall–Kier alpha value is -0.495. The van der Waals surface area contributed by atoms with E-state index in [1.54, 1.807) is 0 Å². The molecule has 1 unspecified atom stereocenters. The smallest absolute Gasteiger partial charge is 0.0708 e. The van der Waals surface area contributed by atoms with Gasteiger partial charge in [-0.05, 0) is 46.7 Å². The van der Waals surface area contributed by atoms with Gasteiger partial charge in [-0.2, -0.15) is 0 Å². The van der Waals surface area contributed by atoms with Crippen LogP contribution in [-0.2, 0) is 0 Å². The summed E-state index contributed by atoms with van der Waals surface area (Å²) in [6.45, 7) is 8.45. The highest BCUT2D eigenvalue weighted by Crippen LogP contribution is 2.20. The molecule has 0 aromatic carbocycles. The number of hydrogen-bond acceptors (Lipinski definition) is 1. The molecule has 0 aliphatic rings. The SMILES string of the molecule is [B]C/C=C(/CCCCC)CCC(C(=C)C)N(C)C. The van der Waals surface area contributed by atoms with E-state index in [0.29, 0.717) is 12.4 Å². The molecule has 2 radical (unpaired) electrons. The fraction of sp³-hybridized carbons (Fsp3) is 0.750. The van der Waals surface area contributed by atoms with Gasteiger partial charge < -0.3 is 4.90 Å². The summed E-state index contributed by atoms with van der Waals surface area (Å²) in [5.41, 5.74) is 2.78. The van der Waals surface area contributed by atoms with E-state index in [4.69, 9.17) is 7.85 Å². The van der Waals surface area contributed by atoms with Crippen molar-refractivity contribution in [3.05, 3.63) is 23.8 Å². The summed E-state index contributed by atoms with van der Waals surface area (Å²) in [5.74, 6) is 0. The number of allylic oxidation sites excluding steroid dienone is 2. The Labute approximate surface area is 116 Å². The molecule has 0 fully saturated rings. The fourth-order valence-corrected chi connectivity index (χ4v) is 2.37. The molecule has 1 nitrogen and oxygen atoms in total. The Balaban J connectivity index is 4.24.